The summed E-state index contributed by atoms with van der Waals surface area (Å²) < 4.78 is 10.1. The molecule has 0 atom stereocenters. The van der Waals surface area contributed by atoms with Gasteiger partial charge in [0, 0.05) is 37.0 Å². The van der Waals surface area contributed by atoms with Crippen LogP contribution in [0.1, 0.15) is 28.4 Å². The molecule has 39 heavy (non-hydrogen) atoms. The summed E-state index contributed by atoms with van der Waals surface area (Å²) in [6, 6.07) is 21.2. The predicted octanol–water partition coefficient (Wildman–Crippen LogP) is 4.27. The Kier molecular flexibility index (Phi) is 11.1. The Morgan fingerprint density at radius 2 is 1.62 bits per heavy atom. The van der Waals surface area contributed by atoms with E-state index in [1.165, 1.54) is 13.0 Å². The molecule has 0 saturated heterocycles. The van der Waals surface area contributed by atoms with Crippen molar-refractivity contribution in [3.05, 3.63) is 95.6 Å². The molecule has 3 rings (SSSR count). The van der Waals surface area contributed by atoms with Gasteiger partial charge in [-0.1, -0.05) is 30.3 Å². The molecule has 0 fully saturated rings. The lowest BCUT2D eigenvalue weighted by Gasteiger charge is -2.23. The number of benzene rings is 3. The number of esters is 1. The smallest absolute Gasteiger partial charge is 0.319 e. The largest absolute Gasteiger partial charge is 0.497 e. The first kappa shape index (κ1) is 28.9. The van der Waals surface area contributed by atoms with E-state index in [1.807, 2.05) is 53.4 Å². The first-order chi connectivity index (χ1) is 18.9. The summed E-state index contributed by atoms with van der Waals surface area (Å²) in [4.78, 5) is 37.7. The lowest BCUT2D eigenvalue weighted by atomic mass is 10.1. The van der Waals surface area contributed by atoms with Crippen LogP contribution in [0.3, 0.4) is 0 Å². The van der Waals surface area contributed by atoms with Gasteiger partial charge < -0.3 is 30.1 Å². The number of ether oxygens (including phenoxy) is 2. The Balaban J connectivity index is 1.50. The molecule has 0 aliphatic carbocycles. The zero-order valence-corrected chi connectivity index (χ0v) is 22.1. The molecule has 0 bridgehead atoms. The van der Waals surface area contributed by atoms with Crippen LogP contribution in [0.2, 0.25) is 0 Å². The van der Waals surface area contributed by atoms with Crippen LogP contribution in [0.4, 0.5) is 16.2 Å². The Morgan fingerprint density at radius 1 is 0.923 bits per heavy atom. The van der Waals surface area contributed by atoms with Gasteiger partial charge >= 0.3 is 12.0 Å². The third-order valence-corrected chi connectivity index (χ3v) is 5.76. The van der Waals surface area contributed by atoms with E-state index < -0.39 is 0 Å². The third kappa shape index (κ3) is 9.64. The molecular weight excluding hydrogens is 498 g/mol. The van der Waals surface area contributed by atoms with Crippen molar-refractivity contribution in [1.29, 1.82) is 0 Å². The number of rotatable bonds is 13. The van der Waals surface area contributed by atoms with Crippen molar-refractivity contribution in [2.24, 2.45) is 0 Å². The van der Waals surface area contributed by atoms with E-state index in [0.29, 0.717) is 30.9 Å². The second kappa shape index (κ2) is 14.9. The van der Waals surface area contributed by atoms with Crippen molar-refractivity contribution in [1.82, 2.24) is 5.32 Å². The van der Waals surface area contributed by atoms with Crippen LogP contribution in [-0.2, 0) is 16.1 Å². The standard InChI is InChI=1S/C30H33N3O6/c1-22(35)39-20-18-33(17-19-34)27-12-3-23(4-13-27)7-16-29(36)25-8-10-26(11-9-25)32-30(37)31-21-24-5-14-28(38-2)15-6-24/h3-16,34H,17-21H2,1-2H3,(H2,31,32,37)/b16-7+. The number of aliphatic hydroxyl groups excluding tert-OH is 1. The Morgan fingerprint density at radius 3 is 2.23 bits per heavy atom. The molecular formula is C30H33N3O6. The highest BCUT2D eigenvalue weighted by molar-refractivity contribution is 6.07. The van der Waals surface area contributed by atoms with Crippen LogP contribution in [-0.4, -0.2) is 56.3 Å². The minimum absolute atomic E-state index is 0.0289. The highest BCUT2D eigenvalue weighted by Gasteiger charge is 2.08. The van der Waals surface area contributed by atoms with E-state index in [4.69, 9.17) is 9.47 Å². The molecule has 3 aromatic carbocycles. The van der Waals surface area contributed by atoms with Gasteiger partial charge in [-0.15, -0.1) is 0 Å². The topological polar surface area (TPSA) is 117 Å². The summed E-state index contributed by atoms with van der Waals surface area (Å²) in [5, 5.41) is 14.9. The number of ketones is 1. The van der Waals surface area contributed by atoms with Crippen molar-refractivity contribution >= 4 is 35.2 Å². The molecule has 0 unspecified atom stereocenters. The lowest BCUT2D eigenvalue weighted by molar-refractivity contribution is -0.140. The molecule has 3 aromatic rings. The van der Waals surface area contributed by atoms with E-state index in [9.17, 15) is 19.5 Å². The van der Waals surface area contributed by atoms with Crippen LogP contribution in [0, 0.1) is 0 Å². The van der Waals surface area contributed by atoms with Crippen molar-refractivity contribution in [2.45, 2.75) is 13.5 Å². The van der Waals surface area contributed by atoms with Gasteiger partial charge in [-0.3, -0.25) is 9.59 Å². The predicted molar refractivity (Wildman–Crippen MR) is 151 cm³/mol. The molecule has 9 heteroatoms. The molecule has 0 radical (unpaired) electrons. The second-order valence-corrected chi connectivity index (χ2v) is 8.57. The summed E-state index contributed by atoms with van der Waals surface area (Å²) in [5.41, 5.74) is 3.71. The maximum atomic E-state index is 12.6. The van der Waals surface area contributed by atoms with Gasteiger partial charge in [0.25, 0.3) is 0 Å². The Labute approximate surface area is 228 Å². The number of carbonyl (C=O) groups excluding carboxylic acids is 3. The molecule has 0 saturated carbocycles. The number of methoxy groups -OCH3 is 1. The molecule has 3 N–H and O–H groups in total. The minimum Gasteiger partial charge on any atom is -0.497 e. The summed E-state index contributed by atoms with van der Waals surface area (Å²) in [5.74, 6) is 0.236. The highest BCUT2D eigenvalue weighted by Crippen LogP contribution is 2.17. The fraction of sp³-hybridized carbons (Fsp3) is 0.233. The van der Waals surface area contributed by atoms with Crippen molar-refractivity contribution in [3.63, 3.8) is 0 Å². The number of nitrogens with zero attached hydrogens (tertiary/aromatic N) is 1. The number of urea groups is 1. The molecule has 0 aromatic heterocycles. The fourth-order valence-corrected chi connectivity index (χ4v) is 3.67. The van der Waals surface area contributed by atoms with Gasteiger partial charge in [-0.2, -0.15) is 0 Å². The first-order valence-corrected chi connectivity index (χ1v) is 12.5. The van der Waals surface area contributed by atoms with Crippen LogP contribution < -0.4 is 20.3 Å². The summed E-state index contributed by atoms with van der Waals surface area (Å²) in [6.07, 6.45) is 3.21. The molecule has 2 amide bonds. The van der Waals surface area contributed by atoms with Crippen LogP contribution in [0.25, 0.3) is 6.08 Å². The third-order valence-electron chi connectivity index (χ3n) is 5.76. The molecule has 0 aliphatic rings. The second-order valence-electron chi connectivity index (χ2n) is 8.57. The molecule has 9 nitrogen and oxygen atoms in total. The average molecular weight is 532 g/mol. The molecule has 204 valence electrons. The van der Waals surface area contributed by atoms with Crippen molar-refractivity contribution in [3.8, 4) is 5.75 Å². The number of nitrogens with one attached hydrogen (secondary N) is 2. The van der Waals surface area contributed by atoms with E-state index in [-0.39, 0.29) is 31.0 Å². The van der Waals surface area contributed by atoms with Gasteiger partial charge in [0.05, 0.1) is 20.3 Å². The van der Waals surface area contributed by atoms with Gasteiger partial charge in [0.15, 0.2) is 5.78 Å². The zero-order valence-electron chi connectivity index (χ0n) is 22.1. The average Bonchev–Trinajstić information content (AvgIpc) is 2.95. The monoisotopic (exact) mass is 531 g/mol. The number of hydrogen-bond acceptors (Lipinski definition) is 7. The summed E-state index contributed by atoms with van der Waals surface area (Å²) in [7, 11) is 1.60. The van der Waals surface area contributed by atoms with Gasteiger partial charge in [0.2, 0.25) is 0 Å². The summed E-state index contributed by atoms with van der Waals surface area (Å²) >= 11 is 0. The normalized spacial score (nSPS) is 10.6. The number of carbonyl (C=O) groups is 3. The van der Waals surface area contributed by atoms with Gasteiger partial charge in [-0.25, -0.2) is 4.79 Å². The number of hydrogen-bond donors (Lipinski definition) is 3. The Hall–Kier alpha value is -4.63. The van der Waals surface area contributed by atoms with Gasteiger partial charge in [0.1, 0.15) is 12.4 Å². The Bertz CT molecular complexity index is 1260. The van der Waals surface area contributed by atoms with Gasteiger partial charge in [-0.05, 0) is 65.7 Å². The first-order valence-electron chi connectivity index (χ1n) is 12.5. The number of anilines is 2. The zero-order chi connectivity index (χ0) is 28.0. The maximum Gasteiger partial charge on any atom is 0.319 e. The van der Waals surface area contributed by atoms with E-state index >= 15 is 0 Å². The molecule has 0 heterocycles. The highest BCUT2D eigenvalue weighted by atomic mass is 16.5. The SMILES string of the molecule is COc1ccc(CNC(=O)Nc2ccc(C(=O)/C=C/c3ccc(N(CCO)CCOC(C)=O)cc3)cc2)cc1. The van der Waals surface area contributed by atoms with E-state index in [0.717, 1.165) is 22.6 Å². The quantitative estimate of drug-likeness (QED) is 0.171. The summed E-state index contributed by atoms with van der Waals surface area (Å²) in [6.45, 7) is 2.79. The van der Waals surface area contributed by atoms with E-state index in [2.05, 4.69) is 10.6 Å². The number of aliphatic hydroxyl groups is 1. The molecule has 0 aliphatic heterocycles. The van der Waals surface area contributed by atoms with E-state index in [1.54, 1.807) is 37.5 Å². The van der Waals surface area contributed by atoms with Crippen molar-refractivity contribution < 1.29 is 29.0 Å². The maximum absolute atomic E-state index is 12.6. The molecule has 0 spiro atoms. The van der Waals surface area contributed by atoms with Crippen LogP contribution in [0.5, 0.6) is 5.75 Å². The minimum atomic E-state index is -0.350. The van der Waals surface area contributed by atoms with Crippen LogP contribution in [0.15, 0.2) is 78.9 Å². The van der Waals surface area contributed by atoms with Crippen LogP contribution >= 0.6 is 0 Å². The number of allylic oxidation sites excluding steroid dienone is 1. The number of amides is 2. The lowest BCUT2D eigenvalue weighted by Crippen LogP contribution is -2.30. The van der Waals surface area contributed by atoms with Crippen molar-refractivity contribution in [2.75, 3.05) is 43.6 Å². The fourth-order valence-electron chi connectivity index (χ4n) is 3.67.